The molecule has 2 aliphatic heterocycles. The van der Waals surface area contributed by atoms with Gasteiger partial charge in [-0.1, -0.05) is 73.3 Å². The normalized spacial score (nSPS) is 25.2. The Balaban J connectivity index is 1.85. The summed E-state index contributed by atoms with van der Waals surface area (Å²) in [5.74, 6) is -0.00361. The zero-order valence-corrected chi connectivity index (χ0v) is 21.4. The van der Waals surface area contributed by atoms with Gasteiger partial charge in [0.05, 0.1) is 23.8 Å². The number of amides is 1. The van der Waals surface area contributed by atoms with Crippen molar-refractivity contribution in [3.8, 4) is 0 Å². The van der Waals surface area contributed by atoms with E-state index in [1.807, 2.05) is 35.2 Å². The zero-order chi connectivity index (χ0) is 20.7. The predicted octanol–water partition coefficient (Wildman–Crippen LogP) is 5.98. The topological polar surface area (TPSA) is 41.9 Å². The first-order valence-electron chi connectivity index (χ1n) is 9.64. The summed E-state index contributed by atoms with van der Waals surface area (Å²) in [5.41, 5.74) is 0.875. The molecule has 0 radical (unpaired) electrons. The Labute approximate surface area is 187 Å². The highest BCUT2D eigenvalue weighted by atomic mass is 127. The van der Waals surface area contributed by atoms with Gasteiger partial charge < -0.3 is 4.43 Å². The minimum Gasteiger partial charge on any atom is -0.413 e. The number of aliphatic imine (C=N–C) groups is 1. The third-order valence-corrected chi connectivity index (χ3v) is 12.8. The maximum atomic E-state index is 13.1. The Morgan fingerprint density at radius 3 is 2.50 bits per heavy atom. The summed E-state index contributed by atoms with van der Waals surface area (Å²) in [6.45, 7) is 13.3. The summed E-state index contributed by atoms with van der Waals surface area (Å²) in [6.07, 6.45) is 2.14. The maximum Gasteiger partial charge on any atom is 0.237 e. The number of rotatable bonds is 5. The molecule has 2 heterocycles. The van der Waals surface area contributed by atoms with Crippen LogP contribution < -0.4 is 0 Å². The molecule has 7 heteroatoms. The maximum absolute atomic E-state index is 13.1. The van der Waals surface area contributed by atoms with Gasteiger partial charge >= 0.3 is 0 Å². The molecule has 1 saturated heterocycles. The second-order valence-corrected chi connectivity index (χ2v) is 15.5. The van der Waals surface area contributed by atoms with Crippen LogP contribution in [0.1, 0.15) is 27.7 Å². The van der Waals surface area contributed by atoms with Gasteiger partial charge in [0.2, 0.25) is 5.91 Å². The average Bonchev–Trinajstić information content (AvgIpc) is 2.60. The van der Waals surface area contributed by atoms with Crippen LogP contribution in [0, 0.1) is 5.92 Å². The average molecular weight is 529 g/mol. The van der Waals surface area contributed by atoms with Crippen LogP contribution in [0.15, 0.2) is 46.3 Å². The van der Waals surface area contributed by atoms with Crippen molar-refractivity contribution in [3.63, 3.8) is 0 Å². The van der Waals surface area contributed by atoms with Crippen LogP contribution in [0.3, 0.4) is 0 Å². The van der Waals surface area contributed by atoms with Gasteiger partial charge in [-0.25, -0.2) is 4.99 Å². The fraction of sp³-hybridized carbons (Fsp3) is 0.524. The number of halogens is 1. The molecule has 1 aromatic carbocycles. The number of β-lactam (4-membered cyclic amide) rings is 1. The van der Waals surface area contributed by atoms with Crippen LogP contribution in [0.5, 0.6) is 0 Å². The number of carbonyl (C=O) groups excluding carboxylic acids is 1. The van der Waals surface area contributed by atoms with Crippen LogP contribution in [0.2, 0.25) is 18.1 Å². The Kier molecular flexibility index (Phi) is 6.49. The van der Waals surface area contributed by atoms with Crippen molar-refractivity contribution in [2.45, 2.75) is 58.0 Å². The largest absolute Gasteiger partial charge is 0.413 e. The van der Waals surface area contributed by atoms with Crippen LogP contribution in [-0.4, -0.2) is 40.9 Å². The SMILES string of the molecule is C[C@@H](O[Si](C)(C)C(C)(C)C)[C@H]1C(=O)N2C(=Nc3ccccc3)SC(CI)=C[C@H]12. The highest BCUT2D eigenvalue weighted by Crippen LogP contribution is 2.44. The first-order chi connectivity index (χ1) is 13.0. The number of amidine groups is 1. The lowest BCUT2D eigenvalue weighted by Crippen LogP contribution is -2.67. The van der Waals surface area contributed by atoms with E-state index in [4.69, 9.17) is 9.42 Å². The van der Waals surface area contributed by atoms with E-state index in [1.54, 1.807) is 11.8 Å². The fourth-order valence-corrected chi connectivity index (χ4v) is 6.39. The molecule has 1 fully saturated rings. The molecule has 0 bridgehead atoms. The lowest BCUT2D eigenvalue weighted by Gasteiger charge is -2.51. The minimum atomic E-state index is -1.93. The van der Waals surface area contributed by atoms with Crippen LogP contribution in [-0.2, 0) is 9.22 Å². The second-order valence-electron chi connectivity index (χ2n) is 8.91. The molecule has 28 heavy (non-hydrogen) atoms. The quantitative estimate of drug-likeness (QED) is 0.205. The molecule has 3 atom stereocenters. The zero-order valence-electron chi connectivity index (χ0n) is 17.4. The third-order valence-electron chi connectivity index (χ3n) is 5.88. The Morgan fingerprint density at radius 1 is 1.29 bits per heavy atom. The van der Waals surface area contributed by atoms with E-state index in [0.29, 0.717) is 0 Å². The molecule has 0 N–H and O–H groups in total. The Morgan fingerprint density at radius 2 is 1.93 bits per heavy atom. The van der Waals surface area contributed by atoms with Crippen molar-refractivity contribution < 1.29 is 9.22 Å². The Bertz CT molecular complexity index is 804. The second kappa shape index (κ2) is 8.24. The van der Waals surface area contributed by atoms with Gasteiger partial charge in [-0.2, -0.15) is 0 Å². The van der Waals surface area contributed by atoms with Crippen molar-refractivity contribution in [1.29, 1.82) is 0 Å². The highest BCUT2D eigenvalue weighted by Gasteiger charge is 2.54. The van der Waals surface area contributed by atoms with E-state index >= 15 is 0 Å². The molecule has 1 amide bonds. The molecule has 0 spiro atoms. The van der Waals surface area contributed by atoms with Gasteiger partial charge in [0.1, 0.15) is 0 Å². The molecular weight excluding hydrogens is 499 g/mol. The standard InChI is InChI=1S/C21H29IN2O2SSi/c1-14(26-28(5,6)21(2,3)4)18-17-12-16(13-22)27-20(24(17)19(18)25)23-15-10-8-7-9-11-15/h7-12,14,17-18H,13H2,1-6H3/t14-,17-,18-/m1/s1. The number of hydrogen-bond donors (Lipinski definition) is 0. The number of hydrogen-bond acceptors (Lipinski definition) is 4. The van der Waals surface area contributed by atoms with Gasteiger partial charge in [0.25, 0.3) is 0 Å². The lowest BCUT2D eigenvalue weighted by molar-refractivity contribution is -0.150. The summed E-state index contributed by atoms with van der Waals surface area (Å²) >= 11 is 3.98. The van der Waals surface area contributed by atoms with Crippen LogP contribution in [0.25, 0.3) is 0 Å². The molecule has 4 nitrogen and oxygen atoms in total. The highest BCUT2D eigenvalue weighted by molar-refractivity contribution is 14.1. The number of thioether (sulfide) groups is 1. The third kappa shape index (κ3) is 4.27. The molecule has 0 unspecified atom stereocenters. The van der Waals surface area contributed by atoms with Gasteiger partial charge in [0.15, 0.2) is 13.5 Å². The molecule has 152 valence electrons. The monoisotopic (exact) mass is 528 g/mol. The molecule has 2 aliphatic rings. The van der Waals surface area contributed by atoms with Gasteiger partial charge in [-0.15, -0.1) is 0 Å². The lowest BCUT2D eigenvalue weighted by atomic mass is 9.83. The predicted molar refractivity (Wildman–Crippen MR) is 130 cm³/mol. The van der Waals surface area contributed by atoms with Crippen LogP contribution in [0.4, 0.5) is 5.69 Å². The molecule has 0 aromatic heterocycles. The van der Waals surface area contributed by atoms with E-state index in [9.17, 15) is 4.79 Å². The number of allylic oxidation sites excluding steroid dienone is 1. The summed E-state index contributed by atoms with van der Waals surface area (Å²) in [5, 5.41) is 0.908. The smallest absolute Gasteiger partial charge is 0.237 e. The summed E-state index contributed by atoms with van der Waals surface area (Å²) in [7, 11) is -1.93. The van der Waals surface area contributed by atoms with Crippen molar-refractivity contribution in [2.75, 3.05) is 4.43 Å². The van der Waals surface area contributed by atoms with E-state index in [0.717, 1.165) is 15.3 Å². The van der Waals surface area contributed by atoms with E-state index in [-0.39, 0.29) is 29.0 Å². The molecule has 0 aliphatic carbocycles. The molecule has 3 rings (SSSR count). The van der Waals surface area contributed by atoms with Crippen LogP contribution >= 0.6 is 34.4 Å². The van der Waals surface area contributed by atoms with E-state index in [1.165, 1.54) is 4.91 Å². The van der Waals surface area contributed by atoms with Gasteiger partial charge in [0, 0.05) is 9.33 Å². The number of carbonyl (C=O) groups is 1. The number of benzene rings is 1. The number of fused-ring (bicyclic) bond motifs is 1. The van der Waals surface area contributed by atoms with E-state index in [2.05, 4.69) is 69.5 Å². The summed E-state index contributed by atoms with van der Waals surface area (Å²) in [4.78, 5) is 21.0. The number of nitrogens with zero attached hydrogens (tertiary/aromatic N) is 2. The molecule has 1 aromatic rings. The molecular formula is C21H29IN2O2SSi. The van der Waals surface area contributed by atoms with Crippen molar-refractivity contribution in [1.82, 2.24) is 4.90 Å². The first-order valence-corrected chi connectivity index (χ1v) is 14.9. The van der Waals surface area contributed by atoms with Gasteiger partial charge in [-0.05, 0) is 43.3 Å². The van der Waals surface area contributed by atoms with Crippen molar-refractivity contribution in [2.24, 2.45) is 10.9 Å². The van der Waals surface area contributed by atoms with Crippen molar-refractivity contribution in [3.05, 3.63) is 41.3 Å². The number of alkyl halides is 1. The number of para-hydroxylation sites is 1. The van der Waals surface area contributed by atoms with E-state index < -0.39 is 8.32 Å². The fourth-order valence-electron chi connectivity index (χ4n) is 3.28. The van der Waals surface area contributed by atoms with Crippen molar-refractivity contribution >= 4 is 59.4 Å². The summed E-state index contributed by atoms with van der Waals surface area (Å²) in [6, 6.07) is 9.89. The molecule has 0 saturated carbocycles. The Hall–Kier alpha value is -0.643. The van der Waals surface area contributed by atoms with Gasteiger partial charge in [-0.3, -0.25) is 9.69 Å². The first kappa shape index (κ1) is 22.1. The minimum absolute atomic E-state index is 0.0424. The summed E-state index contributed by atoms with van der Waals surface area (Å²) < 4.78 is 7.48.